The highest BCUT2D eigenvalue weighted by atomic mass is 32.1. The van der Waals surface area contributed by atoms with Crippen LogP contribution >= 0.6 is 22.7 Å². The monoisotopic (exact) mass is 399 g/mol. The van der Waals surface area contributed by atoms with Gasteiger partial charge in [0.1, 0.15) is 17.8 Å². The fraction of sp³-hybridized carbons (Fsp3) is 0.211. The SMILES string of the molecule is COCn1c(=O)sc2cc(CC(O)c3csc(-c4ccccn4)n3)ccc21. The number of aliphatic hydroxyl groups excluding tert-OH is 1. The molecule has 0 amide bonds. The third-order valence-corrected chi connectivity index (χ3v) is 5.99. The zero-order valence-electron chi connectivity index (χ0n) is 14.5. The topological polar surface area (TPSA) is 77.2 Å². The molecule has 0 bridgehead atoms. The van der Waals surface area contributed by atoms with Gasteiger partial charge in [-0.2, -0.15) is 0 Å². The quantitative estimate of drug-likeness (QED) is 0.537. The van der Waals surface area contributed by atoms with Crippen LogP contribution in [0.1, 0.15) is 17.4 Å². The molecule has 1 aromatic carbocycles. The molecule has 0 aliphatic heterocycles. The molecule has 4 aromatic rings. The Morgan fingerprint density at radius 3 is 2.96 bits per heavy atom. The molecule has 3 aromatic heterocycles. The number of hydrogen-bond donors (Lipinski definition) is 1. The number of fused-ring (bicyclic) bond motifs is 1. The van der Waals surface area contributed by atoms with Gasteiger partial charge in [-0.05, 0) is 29.8 Å². The van der Waals surface area contributed by atoms with Gasteiger partial charge in [0, 0.05) is 25.1 Å². The van der Waals surface area contributed by atoms with Crippen LogP contribution in [0.4, 0.5) is 0 Å². The van der Waals surface area contributed by atoms with Gasteiger partial charge in [0.2, 0.25) is 0 Å². The van der Waals surface area contributed by atoms with Crippen LogP contribution < -0.4 is 4.87 Å². The van der Waals surface area contributed by atoms with Crippen molar-refractivity contribution < 1.29 is 9.84 Å². The highest BCUT2D eigenvalue weighted by Gasteiger charge is 2.15. The van der Waals surface area contributed by atoms with Gasteiger partial charge in [-0.1, -0.05) is 23.5 Å². The molecule has 0 saturated carbocycles. The van der Waals surface area contributed by atoms with Gasteiger partial charge >= 0.3 is 4.87 Å². The van der Waals surface area contributed by atoms with Crippen molar-refractivity contribution in [3.8, 4) is 10.7 Å². The van der Waals surface area contributed by atoms with Crippen molar-refractivity contribution in [2.75, 3.05) is 7.11 Å². The van der Waals surface area contributed by atoms with E-state index in [4.69, 9.17) is 4.74 Å². The predicted molar refractivity (Wildman–Crippen MR) is 107 cm³/mol. The van der Waals surface area contributed by atoms with Gasteiger partial charge in [-0.25, -0.2) is 4.98 Å². The second-order valence-electron chi connectivity index (χ2n) is 6.03. The molecule has 27 heavy (non-hydrogen) atoms. The van der Waals surface area contributed by atoms with Crippen molar-refractivity contribution in [1.29, 1.82) is 0 Å². The van der Waals surface area contributed by atoms with E-state index < -0.39 is 6.10 Å². The third kappa shape index (κ3) is 3.70. The van der Waals surface area contributed by atoms with Crippen LogP contribution in [0.3, 0.4) is 0 Å². The molecule has 0 aliphatic carbocycles. The molecule has 8 heteroatoms. The lowest BCUT2D eigenvalue weighted by molar-refractivity contribution is 0.133. The van der Waals surface area contributed by atoms with E-state index >= 15 is 0 Å². The molecule has 6 nitrogen and oxygen atoms in total. The lowest BCUT2D eigenvalue weighted by Gasteiger charge is -2.08. The second-order valence-corrected chi connectivity index (χ2v) is 7.88. The maximum absolute atomic E-state index is 12.1. The summed E-state index contributed by atoms with van der Waals surface area (Å²) in [5.74, 6) is 0. The van der Waals surface area contributed by atoms with E-state index in [9.17, 15) is 9.90 Å². The van der Waals surface area contributed by atoms with E-state index in [1.165, 1.54) is 22.7 Å². The third-order valence-electron chi connectivity index (χ3n) is 4.17. The van der Waals surface area contributed by atoms with Crippen LogP contribution in [-0.4, -0.2) is 26.8 Å². The Labute approximate surface area is 163 Å². The van der Waals surface area contributed by atoms with Crippen molar-refractivity contribution in [2.24, 2.45) is 0 Å². The van der Waals surface area contributed by atoms with Gasteiger partial charge in [-0.15, -0.1) is 11.3 Å². The first-order chi connectivity index (χ1) is 13.2. The summed E-state index contributed by atoms with van der Waals surface area (Å²) >= 11 is 2.65. The lowest BCUT2D eigenvalue weighted by Crippen LogP contribution is -2.13. The standard InChI is InChI=1S/C19H17N3O3S2/c1-25-11-22-15-6-5-12(9-17(15)27-19(22)24)8-16(23)14-10-26-18(21-14)13-4-2-3-7-20-13/h2-7,9-10,16,23H,8,11H2,1H3. The summed E-state index contributed by atoms with van der Waals surface area (Å²) in [6, 6.07) is 11.4. The fourth-order valence-corrected chi connectivity index (χ4v) is 4.65. The molecule has 0 fully saturated rings. The number of ether oxygens (including phenoxy) is 1. The minimum Gasteiger partial charge on any atom is -0.386 e. The molecule has 1 atom stereocenters. The summed E-state index contributed by atoms with van der Waals surface area (Å²) in [4.78, 5) is 20.8. The zero-order valence-corrected chi connectivity index (χ0v) is 16.2. The smallest absolute Gasteiger partial charge is 0.310 e. The number of aromatic nitrogens is 3. The summed E-state index contributed by atoms with van der Waals surface area (Å²) < 4.78 is 7.56. The van der Waals surface area contributed by atoms with Gasteiger partial charge in [-0.3, -0.25) is 14.3 Å². The minimum absolute atomic E-state index is 0.0518. The maximum Gasteiger partial charge on any atom is 0.310 e. The molecule has 0 aliphatic rings. The summed E-state index contributed by atoms with van der Waals surface area (Å²) in [7, 11) is 1.56. The highest BCUT2D eigenvalue weighted by molar-refractivity contribution is 7.16. The summed E-state index contributed by atoms with van der Waals surface area (Å²) in [6.45, 7) is 0.232. The molecule has 4 rings (SSSR count). The number of rotatable bonds is 6. The Balaban J connectivity index is 1.55. The second kappa shape index (κ2) is 7.69. The van der Waals surface area contributed by atoms with Crippen molar-refractivity contribution >= 4 is 32.9 Å². The Morgan fingerprint density at radius 2 is 2.19 bits per heavy atom. The molecular weight excluding hydrogens is 382 g/mol. The van der Waals surface area contributed by atoms with Gasteiger partial charge in [0.25, 0.3) is 0 Å². The van der Waals surface area contributed by atoms with Crippen LogP contribution in [0.2, 0.25) is 0 Å². The van der Waals surface area contributed by atoms with Crippen LogP contribution in [0.25, 0.3) is 20.9 Å². The number of thiazole rings is 2. The van der Waals surface area contributed by atoms with E-state index in [2.05, 4.69) is 9.97 Å². The summed E-state index contributed by atoms with van der Waals surface area (Å²) in [5, 5.41) is 13.2. The Hall–Kier alpha value is -2.39. The molecule has 3 heterocycles. The average molecular weight is 399 g/mol. The molecule has 138 valence electrons. The van der Waals surface area contributed by atoms with E-state index in [1.807, 2.05) is 41.8 Å². The summed E-state index contributed by atoms with van der Waals surface area (Å²) in [5.41, 5.74) is 3.22. The van der Waals surface area contributed by atoms with E-state index in [1.54, 1.807) is 17.9 Å². The number of hydrogen-bond acceptors (Lipinski definition) is 7. The van der Waals surface area contributed by atoms with Crippen LogP contribution in [0.15, 0.2) is 52.8 Å². The average Bonchev–Trinajstić information content (AvgIpc) is 3.28. The van der Waals surface area contributed by atoms with Gasteiger partial charge in [0.05, 0.1) is 21.6 Å². The number of aliphatic hydroxyl groups is 1. The number of pyridine rings is 1. The molecule has 1 N–H and O–H groups in total. The largest absolute Gasteiger partial charge is 0.386 e. The Morgan fingerprint density at radius 1 is 1.30 bits per heavy atom. The fourth-order valence-electron chi connectivity index (χ4n) is 2.86. The van der Waals surface area contributed by atoms with Crippen molar-refractivity contribution in [1.82, 2.24) is 14.5 Å². The first-order valence-electron chi connectivity index (χ1n) is 8.32. The molecule has 1 unspecified atom stereocenters. The lowest BCUT2D eigenvalue weighted by atomic mass is 10.1. The maximum atomic E-state index is 12.1. The molecule has 0 radical (unpaired) electrons. The number of nitrogens with zero attached hydrogens (tertiary/aromatic N) is 3. The Bertz CT molecular complexity index is 1120. The van der Waals surface area contributed by atoms with Crippen LogP contribution in [-0.2, 0) is 17.9 Å². The van der Waals surface area contributed by atoms with Crippen molar-refractivity contribution in [2.45, 2.75) is 19.3 Å². The first-order valence-corrected chi connectivity index (χ1v) is 10.0. The minimum atomic E-state index is -0.714. The first kappa shape index (κ1) is 18.0. The summed E-state index contributed by atoms with van der Waals surface area (Å²) in [6.07, 6.45) is 1.44. The predicted octanol–water partition coefficient (Wildman–Crippen LogP) is 3.46. The van der Waals surface area contributed by atoms with Crippen LogP contribution in [0, 0.1) is 0 Å². The van der Waals surface area contributed by atoms with Gasteiger partial charge < -0.3 is 9.84 Å². The number of benzene rings is 1. The van der Waals surface area contributed by atoms with E-state index in [0.29, 0.717) is 12.1 Å². The highest BCUT2D eigenvalue weighted by Crippen LogP contribution is 2.27. The van der Waals surface area contributed by atoms with E-state index in [-0.39, 0.29) is 11.6 Å². The zero-order chi connectivity index (χ0) is 18.8. The molecule has 0 spiro atoms. The van der Waals surface area contributed by atoms with Gasteiger partial charge in [0.15, 0.2) is 0 Å². The number of methoxy groups -OCH3 is 1. The van der Waals surface area contributed by atoms with E-state index in [0.717, 1.165) is 26.5 Å². The molecular formula is C19H17N3O3S2. The Kier molecular flexibility index (Phi) is 5.13. The van der Waals surface area contributed by atoms with Crippen molar-refractivity contribution in [3.63, 3.8) is 0 Å². The normalized spacial score (nSPS) is 12.5. The van der Waals surface area contributed by atoms with Crippen LogP contribution in [0.5, 0.6) is 0 Å². The van der Waals surface area contributed by atoms with Crippen molar-refractivity contribution in [3.05, 3.63) is 68.9 Å². The molecule has 0 saturated heterocycles.